The largest absolute Gasteiger partial charge is 0.377 e. The maximum Gasteiger partial charge on any atom is 0.278 e. The Balaban J connectivity index is 1.96. The number of likely N-dealkylation sites (N-methyl/N-ethyl adjacent to an activating group) is 1. The molecule has 0 N–H and O–H groups in total. The summed E-state index contributed by atoms with van der Waals surface area (Å²) in [6.07, 6.45) is 0.0546. The summed E-state index contributed by atoms with van der Waals surface area (Å²) in [5.74, 6) is -0.542. The molecule has 26 heavy (non-hydrogen) atoms. The second-order valence-electron chi connectivity index (χ2n) is 6.28. The first kappa shape index (κ1) is 18.4. The summed E-state index contributed by atoms with van der Waals surface area (Å²) in [5, 5.41) is 1.91. The zero-order chi connectivity index (χ0) is 18.7. The highest BCUT2D eigenvalue weighted by Gasteiger charge is 2.41. The van der Waals surface area contributed by atoms with Gasteiger partial charge >= 0.3 is 0 Å². The lowest BCUT2D eigenvalue weighted by Crippen LogP contribution is -2.37. The molecule has 0 unspecified atom stereocenters. The van der Waals surface area contributed by atoms with Crippen molar-refractivity contribution in [3.05, 3.63) is 58.4 Å². The van der Waals surface area contributed by atoms with Crippen LogP contribution in [0.2, 0.25) is 0 Å². The number of imide groups is 1. The number of anilines is 1. The fourth-order valence-corrected chi connectivity index (χ4v) is 3.64. The minimum atomic E-state index is -0.280. The van der Waals surface area contributed by atoms with E-state index in [9.17, 15) is 9.59 Å². The van der Waals surface area contributed by atoms with Crippen molar-refractivity contribution in [2.75, 3.05) is 25.1 Å². The fourth-order valence-electron chi connectivity index (χ4n) is 2.88. The van der Waals surface area contributed by atoms with Gasteiger partial charge in [0.1, 0.15) is 5.70 Å². The van der Waals surface area contributed by atoms with Crippen LogP contribution in [0.25, 0.3) is 5.57 Å². The molecule has 0 saturated heterocycles. The molecule has 0 spiro atoms. The van der Waals surface area contributed by atoms with Crippen LogP contribution in [0.1, 0.15) is 18.7 Å². The van der Waals surface area contributed by atoms with Crippen LogP contribution in [0.3, 0.4) is 0 Å². The van der Waals surface area contributed by atoms with Gasteiger partial charge in [0, 0.05) is 17.6 Å². The summed E-state index contributed by atoms with van der Waals surface area (Å²) in [6, 6.07) is 13.3. The molecular weight excluding hydrogens is 348 g/mol. The summed E-state index contributed by atoms with van der Waals surface area (Å²) in [6.45, 7) is 4.43. The Morgan fingerprint density at radius 3 is 2.42 bits per heavy atom. The van der Waals surface area contributed by atoms with Gasteiger partial charge in [-0.15, -0.1) is 11.3 Å². The van der Waals surface area contributed by atoms with Crippen LogP contribution in [0.15, 0.2) is 53.5 Å². The zero-order valence-electron chi connectivity index (χ0n) is 15.1. The van der Waals surface area contributed by atoms with Crippen LogP contribution in [-0.4, -0.2) is 43.0 Å². The van der Waals surface area contributed by atoms with Gasteiger partial charge in [-0.1, -0.05) is 24.3 Å². The summed E-state index contributed by atoms with van der Waals surface area (Å²) < 4.78 is 5.53. The van der Waals surface area contributed by atoms with Gasteiger partial charge in [-0.25, -0.2) is 0 Å². The van der Waals surface area contributed by atoms with Crippen molar-refractivity contribution in [3.8, 4) is 0 Å². The predicted molar refractivity (Wildman–Crippen MR) is 104 cm³/mol. The first-order valence-electron chi connectivity index (χ1n) is 8.55. The van der Waals surface area contributed by atoms with Crippen molar-refractivity contribution in [1.82, 2.24) is 4.90 Å². The molecule has 2 heterocycles. The van der Waals surface area contributed by atoms with E-state index in [1.807, 2.05) is 68.7 Å². The first-order valence-corrected chi connectivity index (χ1v) is 9.43. The van der Waals surface area contributed by atoms with Crippen LogP contribution in [0.4, 0.5) is 5.69 Å². The van der Waals surface area contributed by atoms with E-state index in [2.05, 4.69) is 0 Å². The third-order valence-corrected chi connectivity index (χ3v) is 5.04. The number of hydrogen-bond donors (Lipinski definition) is 0. The number of carbonyl (C=O) groups excluding carboxylic acids is 2. The number of ether oxygens (including phenoxy) is 1. The topological polar surface area (TPSA) is 49.9 Å². The van der Waals surface area contributed by atoms with Gasteiger partial charge in [0.25, 0.3) is 11.8 Å². The van der Waals surface area contributed by atoms with E-state index in [0.29, 0.717) is 17.9 Å². The van der Waals surface area contributed by atoms with Gasteiger partial charge in [0.2, 0.25) is 0 Å². The Morgan fingerprint density at radius 1 is 1.08 bits per heavy atom. The van der Waals surface area contributed by atoms with Gasteiger partial charge in [0.15, 0.2) is 0 Å². The minimum absolute atomic E-state index is 0.0546. The van der Waals surface area contributed by atoms with Gasteiger partial charge in [-0.2, -0.15) is 0 Å². The molecule has 136 valence electrons. The lowest BCUT2D eigenvalue weighted by Gasteiger charge is -2.21. The third kappa shape index (κ3) is 3.57. The van der Waals surface area contributed by atoms with Crippen LogP contribution in [0, 0.1) is 0 Å². The van der Waals surface area contributed by atoms with Crippen molar-refractivity contribution in [2.45, 2.75) is 20.0 Å². The number of thiophene rings is 1. The number of para-hydroxylation sites is 1. The Labute approximate surface area is 157 Å². The van der Waals surface area contributed by atoms with Gasteiger partial charge in [0.05, 0.1) is 24.8 Å². The molecule has 0 saturated carbocycles. The molecule has 0 atom stereocenters. The van der Waals surface area contributed by atoms with E-state index in [4.69, 9.17) is 4.74 Å². The number of hydrogen-bond acceptors (Lipinski definition) is 5. The van der Waals surface area contributed by atoms with Crippen molar-refractivity contribution in [3.63, 3.8) is 0 Å². The zero-order valence-corrected chi connectivity index (χ0v) is 16.0. The minimum Gasteiger partial charge on any atom is -0.377 e. The van der Waals surface area contributed by atoms with Crippen LogP contribution in [-0.2, 0) is 14.3 Å². The molecule has 0 fully saturated rings. The second kappa shape index (κ2) is 7.85. The highest BCUT2D eigenvalue weighted by Crippen LogP contribution is 2.35. The van der Waals surface area contributed by atoms with E-state index >= 15 is 0 Å². The molecule has 0 radical (unpaired) electrons. The van der Waals surface area contributed by atoms with E-state index in [0.717, 1.165) is 10.6 Å². The van der Waals surface area contributed by atoms with Crippen LogP contribution >= 0.6 is 11.3 Å². The number of amides is 2. The Bertz CT molecular complexity index is 813. The molecular formula is C20H22N2O3S. The number of nitrogens with zero attached hydrogens (tertiary/aromatic N) is 2. The Hall–Kier alpha value is -2.44. The molecule has 2 aromatic rings. The van der Waals surface area contributed by atoms with Crippen molar-refractivity contribution in [2.24, 2.45) is 0 Å². The first-order chi connectivity index (χ1) is 12.5. The SMILES string of the molecule is CC(C)OCCN1C(=O)C(c2cccs2)=C(N(C)c2ccccc2)C1=O. The van der Waals surface area contributed by atoms with E-state index in [1.54, 1.807) is 4.90 Å². The van der Waals surface area contributed by atoms with Gasteiger partial charge in [-0.3, -0.25) is 14.5 Å². The number of benzene rings is 1. The van der Waals surface area contributed by atoms with E-state index in [-0.39, 0.29) is 24.5 Å². The molecule has 1 aromatic heterocycles. The van der Waals surface area contributed by atoms with Gasteiger partial charge in [-0.05, 0) is 37.4 Å². The molecule has 3 rings (SSSR count). The fraction of sp³-hybridized carbons (Fsp3) is 0.300. The third-order valence-electron chi connectivity index (χ3n) is 4.16. The second-order valence-corrected chi connectivity index (χ2v) is 7.22. The average molecular weight is 370 g/mol. The normalized spacial score (nSPS) is 14.7. The molecule has 2 amide bonds. The smallest absolute Gasteiger partial charge is 0.278 e. The highest BCUT2D eigenvalue weighted by atomic mass is 32.1. The molecule has 1 aromatic carbocycles. The molecule has 1 aliphatic heterocycles. The van der Waals surface area contributed by atoms with Crippen molar-refractivity contribution < 1.29 is 14.3 Å². The van der Waals surface area contributed by atoms with Gasteiger partial charge < -0.3 is 9.64 Å². The monoisotopic (exact) mass is 370 g/mol. The predicted octanol–water partition coefficient (Wildman–Crippen LogP) is 3.39. The maximum atomic E-state index is 13.1. The molecule has 1 aliphatic rings. The van der Waals surface area contributed by atoms with Crippen LogP contribution < -0.4 is 4.90 Å². The van der Waals surface area contributed by atoms with E-state index in [1.165, 1.54) is 16.2 Å². The number of carbonyl (C=O) groups is 2. The lowest BCUT2D eigenvalue weighted by atomic mass is 10.1. The van der Waals surface area contributed by atoms with Crippen molar-refractivity contribution in [1.29, 1.82) is 0 Å². The lowest BCUT2D eigenvalue weighted by molar-refractivity contribution is -0.138. The summed E-state index contributed by atoms with van der Waals surface area (Å²) in [4.78, 5) is 29.9. The highest BCUT2D eigenvalue weighted by molar-refractivity contribution is 7.11. The Morgan fingerprint density at radius 2 is 1.81 bits per heavy atom. The standard InChI is InChI=1S/C20H22N2O3S/c1-14(2)25-12-11-22-19(23)17(16-10-7-13-26-16)18(20(22)24)21(3)15-8-5-4-6-9-15/h4-10,13-14H,11-12H2,1-3H3. The van der Waals surface area contributed by atoms with E-state index < -0.39 is 0 Å². The summed E-state index contributed by atoms with van der Waals surface area (Å²) in [5.41, 5.74) is 1.73. The Kier molecular flexibility index (Phi) is 5.54. The molecule has 0 aliphatic carbocycles. The molecule has 5 nitrogen and oxygen atoms in total. The number of rotatable bonds is 7. The molecule has 6 heteroatoms. The van der Waals surface area contributed by atoms with Crippen LogP contribution in [0.5, 0.6) is 0 Å². The average Bonchev–Trinajstić information content (AvgIpc) is 3.23. The maximum absolute atomic E-state index is 13.1. The molecule has 0 bridgehead atoms. The quantitative estimate of drug-likeness (QED) is 0.701. The van der Waals surface area contributed by atoms with Crippen molar-refractivity contribution >= 4 is 34.4 Å². The summed E-state index contributed by atoms with van der Waals surface area (Å²) in [7, 11) is 1.82. The summed E-state index contributed by atoms with van der Waals surface area (Å²) >= 11 is 1.46.